The number of nitrogens with zero attached hydrogens (tertiary/aromatic N) is 2. The van der Waals surface area contributed by atoms with Crippen LogP contribution in [0, 0.1) is 5.92 Å². The standard InChI is InChI=1S/C9H14N2O3/c1-6(5-12)4-11-7(2)8(13)10(3)9(11)14/h5-7H,4H2,1-3H3. The number of carbonyl (C=O) groups excluding carboxylic acids is 3. The SMILES string of the molecule is CC(C=O)CN1C(=O)N(C)C(=O)C1C. The lowest BCUT2D eigenvalue weighted by molar-refractivity contribution is -0.127. The van der Waals surface area contributed by atoms with E-state index in [9.17, 15) is 14.4 Å². The average Bonchev–Trinajstić information content (AvgIpc) is 2.35. The highest BCUT2D eigenvalue weighted by Crippen LogP contribution is 2.16. The molecule has 0 radical (unpaired) electrons. The summed E-state index contributed by atoms with van der Waals surface area (Å²) in [5.74, 6) is -0.450. The number of amides is 3. The number of hydrogen-bond donors (Lipinski definition) is 0. The van der Waals surface area contributed by atoms with Crippen molar-refractivity contribution in [2.75, 3.05) is 13.6 Å². The van der Waals surface area contributed by atoms with E-state index in [4.69, 9.17) is 0 Å². The third kappa shape index (κ3) is 1.62. The summed E-state index contributed by atoms with van der Waals surface area (Å²) >= 11 is 0. The molecular weight excluding hydrogens is 184 g/mol. The smallest absolute Gasteiger partial charge is 0.312 e. The fourth-order valence-electron chi connectivity index (χ4n) is 1.46. The number of carbonyl (C=O) groups is 3. The Morgan fingerprint density at radius 3 is 2.43 bits per heavy atom. The zero-order chi connectivity index (χ0) is 10.9. The van der Waals surface area contributed by atoms with Crippen LogP contribution in [-0.4, -0.2) is 47.7 Å². The van der Waals surface area contributed by atoms with Crippen LogP contribution in [-0.2, 0) is 9.59 Å². The van der Waals surface area contributed by atoms with Crippen LogP contribution in [0.1, 0.15) is 13.8 Å². The Kier molecular flexibility index (Phi) is 2.88. The van der Waals surface area contributed by atoms with E-state index < -0.39 is 6.04 Å². The molecule has 3 amide bonds. The van der Waals surface area contributed by atoms with E-state index in [2.05, 4.69) is 0 Å². The van der Waals surface area contributed by atoms with Crippen molar-refractivity contribution >= 4 is 18.2 Å². The second-order valence-electron chi connectivity index (χ2n) is 3.62. The molecule has 0 saturated carbocycles. The van der Waals surface area contributed by atoms with Crippen molar-refractivity contribution in [3.05, 3.63) is 0 Å². The monoisotopic (exact) mass is 198 g/mol. The van der Waals surface area contributed by atoms with Crippen LogP contribution in [0.4, 0.5) is 4.79 Å². The summed E-state index contributed by atoms with van der Waals surface area (Å²) < 4.78 is 0. The van der Waals surface area contributed by atoms with Gasteiger partial charge >= 0.3 is 6.03 Å². The van der Waals surface area contributed by atoms with Gasteiger partial charge in [-0.3, -0.25) is 9.69 Å². The first kappa shape index (κ1) is 10.7. The predicted molar refractivity (Wildman–Crippen MR) is 49.6 cm³/mol. The van der Waals surface area contributed by atoms with E-state index in [0.29, 0.717) is 6.54 Å². The highest BCUT2D eigenvalue weighted by atomic mass is 16.2. The summed E-state index contributed by atoms with van der Waals surface area (Å²) in [6.45, 7) is 3.69. The number of urea groups is 1. The van der Waals surface area contributed by atoms with Crippen LogP contribution in [0.25, 0.3) is 0 Å². The third-order valence-electron chi connectivity index (χ3n) is 2.41. The summed E-state index contributed by atoms with van der Waals surface area (Å²) in [5.41, 5.74) is 0. The molecule has 1 aliphatic heterocycles. The molecule has 1 fully saturated rings. The second kappa shape index (κ2) is 3.77. The molecule has 1 heterocycles. The Morgan fingerprint density at radius 2 is 2.07 bits per heavy atom. The fourth-order valence-corrected chi connectivity index (χ4v) is 1.46. The molecule has 5 heteroatoms. The first-order valence-corrected chi connectivity index (χ1v) is 4.52. The number of hydrogen-bond acceptors (Lipinski definition) is 3. The molecule has 78 valence electrons. The Labute approximate surface area is 82.7 Å². The van der Waals surface area contributed by atoms with Crippen molar-refractivity contribution in [1.82, 2.24) is 9.80 Å². The fraction of sp³-hybridized carbons (Fsp3) is 0.667. The van der Waals surface area contributed by atoms with Crippen LogP contribution in [0.2, 0.25) is 0 Å². The molecule has 0 aliphatic carbocycles. The minimum atomic E-state index is -0.449. The summed E-state index contributed by atoms with van der Waals surface area (Å²) in [4.78, 5) is 35.8. The van der Waals surface area contributed by atoms with Crippen LogP contribution in [0.5, 0.6) is 0 Å². The van der Waals surface area contributed by atoms with Gasteiger partial charge in [0.2, 0.25) is 0 Å². The Balaban J connectivity index is 2.75. The molecule has 2 unspecified atom stereocenters. The molecule has 2 atom stereocenters. The van der Waals surface area contributed by atoms with Gasteiger partial charge in [-0.2, -0.15) is 0 Å². The lowest BCUT2D eigenvalue weighted by Crippen LogP contribution is -2.36. The second-order valence-corrected chi connectivity index (χ2v) is 3.62. The molecule has 0 bridgehead atoms. The average molecular weight is 198 g/mol. The quantitative estimate of drug-likeness (QED) is 0.477. The van der Waals surface area contributed by atoms with Crippen molar-refractivity contribution in [1.29, 1.82) is 0 Å². The van der Waals surface area contributed by atoms with Crippen molar-refractivity contribution in [3.63, 3.8) is 0 Å². The van der Waals surface area contributed by atoms with E-state index in [0.717, 1.165) is 11.2 Å². The van der Waals surface area contributed by atoms with Gasteiger partial charge in [-0.25, -0.2) is 4.79 Å². The molecule has 5 nitrogen and oxygen atoms in total. The van der Waals surface area contributed by atoms with Gasteiger partial charge in [0, 0.05) is 19.5 Å². The van der Waals surface area contributed by atoms with Crippen LogP contribution >= 0.6 is 0 Å². The summed E-state index contributed by atoms with van der Waals surface area (Å²) in [5, 5.41) is 0. The topological polar surface area (TPSA) is 57.7 Å². The first-order chi connectivity index (χ1) is 6.49. The Hall–Kier alpha value is -1.39. The Bertz CT molecular complexity index is 277. The van der Waals surface area contributed by atoms with E-state index in [1.54, 1.807) is 13.8 Å². The van der Waals surface area contributed by atoms with Gasteiger partial charge in [-0.15, -0.1) is 0 Å². The zero-order valence-electron chi connectivity index (χ0n) is 8.56. The van der Waals surface area contributed by atoms with Gasteiger partial charge < -0.3 is 9.69 Å². The van der Waals surface area contributed by atoms with Gasteiger partial charge in [0.25, 0.3) is 5.91 Å². The Morgan fingerprint density at radius 1 is 1.50 bits per heavy atom. The van der Waals surface area contributed by atoms with E-state index in [-0.39, 0.29) is 17.9 Å². The number of likely N-dealkylation sites (N-methyl/N-ethyl adjacent to an activating group) is 1. The lowest BCUT2D eigenvalue weighted by atomic mass is 10.2. The maximum Gasteiger partial charge on any atom is 0.327 e. The minimum Gasteiger partial charge on any atom is -0.312 e. The van der Waals surface area contributed by atoms with Crippen molar-refractivity contribution in [3.8, 4) is 0 Å². The molecule has 1 aliphatic rings. The highest BCUT2D eigenvalue weighted by Gasteiger charge is 2.40. The number of rotatable bonds is 3. The van der Waals surface area contributed by atoms with Gasteiger partial charge in [-0.1, -0.05) is 6.92 Å². The molecule has 0 aromatic carbocycles. The minimum absolute atomic E-state index is 0.215. The van der Waals surface area contributed by atoms with Crippen molar-refractivity contribution in [2.24, 2.45) is 5.92 Å². The number of imide groups is 1. The summed E-state index contributed by atoms with van der Waals surface area (Å²) in [6.07, 6.45) is 0.781. The molecule has 1 rings (SSSR count). The molecule has 0 spiro atoms. The van der Waals surface area contributed by atoms with E-state index in [1.807, 2.05) is 0 Å². The van der Waals surface area contributed by atoms with Crippen molar-refractivity contribution < 1.29 is 14.4 Å². The third-order valence-corrected chi connectivity index (χ3v) is 2.41. The first-order valence-electron chi connectivity index (χ1n) is 4.52. The molecular formula is C9H14N2O3. The molecule has 0 aromatic heterocycles. The van der Waals surface area contributed by atoms with E-state index >= 15 is 0 Å². The predicted octanol–water partition coefficient (Wildman–Crippen LogP) is 0.104. The van der Waals surface area contributed by atoms with Crippen LogP contribution < -0.4 is 0 Å². The zero-order valence-corrected chi connectivity index (χ0v) is 8.56. The maximum absolute atomic E-state index is 11.5. The molecule has 14 heavy (non-hydrogen) atoms. The molecule has 0 N–H and O–H groups in total. The lowest BCUT2D eigenvalue weighted by Gasteiger charge is -2.20. The normalized spacial score (nSPS) is 24.4. The highest BCUT2D eigenvalue weighted by molar-refractivity contribution is 6.03. The largest absolute Gasteiger partial charge is 0.327 e. The van der Waals surface area contributed by atoms with Gasteiger partial charge in [0.05, 0.1) is 0 Å². The number of aldehydes is 1. The maximum atomic E-state index is 11.5. The summed E-state index contributed by atoms with van der Waals surface area (Å²) in [6, 6.07) is -0.772. The van der Waals surface area contributed by atoms with Crippen molar-refractivity contribution in [2.45, 2.75) is 19.9 Å². The summed E-state index contributed by atoms with van der Waals surface area (Å²) in [7, 11) is 1.45. The molecule has 1 saturated heterocycles. The van der Waals surface area contributed by atoms with Gasteiger partial charge in [0.1, 0.15) is 12.3 Å². The van der Waals surface area contributed by atoms with E-state index in [1.165, 1.54) is 11.9 Å². The van der Waals surface area contributed by atoms with Gasteiger partial charge in [-0.05, 0) is 6.92 Å². The van der Waals surface area contributed by atoms with Gasteiger partial charge in [0.15, 0.2) is 0 Å². The molecule has 0 aromatic rings. The van der Waals surface area contributed by atoms with Crippen LogP contribution in [0.3, 0.4) is 0 Å². The van der Waals surface area contributed by atoms with Crippen LogP contribution in [0.15, 0.2) is 0 Å².